The van der Waals surface area contributed by atoms with Crippen molar-refractivity contribution in [3.8, 4) is 11.1 Å². The van der Waals surface area contributed by atoms with Gasteiger partial charge in [-0.1, -0.05) is 58.0 Å². The lowest BCUT2D eigenvalue weighted by Crippen LogP contribution is -2.53. The Morgan fingerprint density at radius 3 is 2.21 bits per heavy atom. The molecule has 2 heterocycles. The van der Waals surface area contributed by atoms with Crippen molar-refractivity contribution < 1.29 is 31.9 Å². The van der Waals surface area contributed by atoms with Gasteiger partial charge in [0, 0.05) is 44.5 Å². The van der Waals surface area contributed by atoms with E-state index >= 15 is 0 Å². The van der Waals surface area contributed by atoms with Gasteiger partial charge in [0.15, 0.2) is 0 Å². The second-order valence-corrected chi connectivity index (χ2v) is 14.7. The molecule has 1 aliphatic heterocycles. The third kappa shape index (κ3) is 11.4. The number of esters is 1. The number of aromatic nitrogens is 1. The Morgan fingerprint density at radius 1 is 1.04 bits per heavy atom. The van der Waals surface area contributed by atoms with E-state index in [0.717, 1.165) is 39.9 Å². The second-order valence-electron chi connectivity index (χ2n) is 14.7. The lowest BCUT2D eigenvalue weighted by Gasteiger charge is -2.46. The van der Waals surface area contributed by atoms with Crippen molar-refractivity contribution in [1.29, 1.82) is 0 Å². The molecule has 52 heavy (non-hydrogen) atoms. The highest BCUT2D eigenvalue weighted by atomic mass is 19.4. The van der Waals surface area contributed by atoms with Crippen LogP contribution in [0.4, 0.5) is 17.6 Å². The third-order valence-electron chi connectivity index (χ3n) is 8.99. The van der Waals surface area contributed by atoms with Crippen LogP contribution in [0.5, 0.6) is 0 Å². The quantitative estimate of drug-likeness (QED) is 0.150. The second kappa shape index (κ2) is 18.0. The van der Waals surface area contributed by atoms with Crippen molar-refractivity contribution in [2.45, 2.75) is 86.9 Å². The van der Waals surface area contributed by atoms with E-state index < -0.39 is 23.3 Å². The predicted octanol–water partition coefficient (Wildman–Crippen LogP) is 8.47. The van der Waals surface area contributed by atoms with Crippen molar-refractivity contribution in [2.75, 3.05) is 33.3 Å². The maximum Gasteiger partial charge on any atom is 0.416 e. The lowest BCUT2D eigenvalue weighted by molar-refractivity contribution is -0.142. The van der Waals surface area contributed by atoms with Gasteiger partial charge in [0.2, 0.25) is 5.91 Å². The van der Waals surface area contributed by atoms with E-state index in [4.69, 9.17) is 4.74 Å². The van der Waals surface area contributed by atoms with Crippen LogP contribution >= 0.6 is 0 Å². The van der Waals surface area contributed by atoms with E-state index in [-0.39, 0.29) is 47.4 Å². The number of nitrogens with one attached hydrogen (secondary N) is 1. The maximum atomic E-state index is 14.4. The summed E-state index contributed by atoms with van der Waals surface area (Å²) in [7, 11) is 1.46. The standard InChI is InChI=1S/C21H23FO2.C20H30F3N3O2/c1-5-24-19(23)11-7-10-17-13-18(12-16(4)21(17)22)20-14(2)8-6-9-15(20)3;1-13(2)8-16(18(28)24-5)26-10-14(6-7-25-11-19(3,4)12-25)15(9-17(26)27)20(21,22)23/h6-10,12-13H,5,11H2,1-4H3;9-10,13,16H,6-8,11-12H2,1-5H3,(H,24,28). The number of halogens is 4. The number of nitrogens with zero attached hydrogens (tertiary/aromatic N) is 2. The van der Waals surface area contributed by atoms with Crippen LogP contribution in [0.2, 0.25) is 0 Å². The SMILES string of the molecule is CCOC(=O)CC=Cc1cc(-c2c(C)cccc2C)cc(C)c1F.CNC(=O)C(CC(C)C)n1cc(CCN2CC(C)(C)C2)c(C(F)(F)F)cc1=O. The van der Waals surface area contributed by atoms with Crippen LogP contribution in [-0.4, -0.2) is 54.6 Å². The predicted molar refractivity (Wildman–Crippen MR) is 199 cm³/mol. The number of rotatable bonds is 12. The van der Waals surface area contributed by atoms with Crippen molar-refractivity contribution in [1.82, 2.24) is 14.8 Å². The first kappa shape index (κ1) is 42.2. The van der Waals surface area contributed by atoms with Crippen molar-refractivity contribution in [3.05, 3.63) is 98.2 Å². The summed E-state index contributed by atoms with van der Waals surface area (Å²) in [5.41, 5.74) is 4.01. The first-order chi connectivity index (χ1) is 24.3. The molecular weight excluding hydrogens is 674 g/mol. The van der Waals surface area contributed by atoms with E-state index in [1.807, 2.05) is 32.0 Å². The number of pyridine rings is 1. The minimum absolute atomic E-state index is 0.0504. The number of amides is 1. The summed E-state index contributed by atoms with van der Waals surface area (Å²) in [6.07, 6.45) is 0.597. The van der Waals surface area contributed by atoms with Crippen LogP contribution in [0.3, 0.4) is 0 Å². The van der Waals surface area contributed by atoms with Gasteiger partial charge in [0.25, 0.3) is 5.56 Å². The van der Waals surface area contributed by atoms with Crippen LogP contribution in [-0.2, 0) is 26.9 Å². The molecule has 2 aromatic carbocycles. The average molecular weight is 728 g/mol. The molecule has 1 N–H and O–H groups in total. The monoisotopic (exact) mass is 727 g/mol. The van der Waals surface area contributed by atoms with Gasteiger partial charge < -0.3 is 19.5 Å². The molecule has 1 atom stereocenters. The molecule has 11 heteroatoms. The number of likely N-dealkylation sites (tertiary alicyclic amines) is 1. The summed E-state index contributed by atoms with van der Waals surface area (Å²) >= 11 is 0. The zero-order valence-electron chi connectivity index (χ0n) is 31.8. The molecule has 0 saturated carbocycles. The summed E-state index contributed by atoms with van der Waals surface area (Å²) in [4.78, 5) is 38.2. The van der Waals surface area contributed by atoms with Crippen LogP contribution in [0.15, 0.2) is 53.5 Å². The van der Waals surface area contributed by atoms with Gasteiger partial charge in [-0.05, 0) is 97.4 Å². The number of aryl methyl sites for hydroxylation is 3. The van der Waals surface area contributed by atoms with E-state index in [1.165, 1.54) is 13.2 Å². The Balaban J connectivity index is 0.000000284. The third-order valence-corrected chi connectivity index (χ3v) is 8.99. The summed E-state index contributed by atoms with van der Waals surface area (Å²) in [6, 6.07) is 9.62. The van der Waals surface area contributed by atoms with Crippen molar-refractivity contribution in [2.24, 2.45) is 11.3 Å². The zero-order chi connectivity index (χ0) is 39.0. The molecule has 0 radical (unpaired) electrons. The number of benzene rings is 2. The van der Waals surface area contributed by atoms with Gasteiger partial charge >= 0.3 is 12.1 Å². The smallest absolute Gasteiger partial charge is 0.416 e. The van der Waals surface area contributed by atoms with Gasteiger partial charge in [0.05, 0.1) is 18.6 Å². The summed E-state index contributed by atoms with van der Waals surface area (Å²) in [5.74, 6) is -0.851. The molecule has 1 aliphatic rings. The number of alkyl halides is 3. The van der Waals surface area contributed by atoms with Crippen LogP contribution in [0.25, 0.3) is 17.2 Å². The Bertz CT molecular complexity index is 1780. The Hall–Kier alpha value is -4.25. The normalized spacial score (nSPS) is 14.8. The largest absolute Gasteiger partial charge is 0.466 e. The zero-order valence-corrected chi connectivity index (χ0v) is 31.8. The highest BCUT2D eigenvalue weighted by molar-refractivity contribution is 5.80. The highest BCUT2D eigenvalue weighted by Gasteiger charge is 2.37. The number of hydrogen-bond donors (Lipinski definition) is 1. The number of carbonyl (C=O) groups is 2. The summed E-state index contributed by atoms with van der Waals surface area (Å²) in [6.45, 7) is 18.2. The summed E-state index contributed by atoms with van der Waals surface area (Å²) < 4.78 is 60.9. The maximum absolute atomic E-state index is 14.4. The summed E-state index contributed by atoms with van der Waals surface area (Å²) in [5, 5.41) is 2.51. The van der Waals surface area contributed by atoms with Crippen molar-refractivity contribution in [3.63, 3.8) is 0 Å². The van der Waals surface area contributed by atoms with E-state index in [9.17, 15) is 31.9 Å². The first-order valence-corrected chi connectivity index (χ1v) is 17.7. The van der Waals surface area contributed by atoms with Crippen LogP contribution in [0, 0.1) is 37.9 Å². The van der Waals surface area contributed by atoms with Crippen LogP contribution in [0.1, 0.15) is 86.9 Å². The molecule has 1 saturated heterocycles. The first-order valence-electron chi connectivity index (χ1n) is 17.7. The van der Waals surface area contributed by atoms with E-state index in [1.54, 1.807) is 26.0 Å². The van der Waals surface area contributed by atoms with Gasteiger partial charge in [-0.3, -0.25) is 14.4 Å². The van der Waals surface area contributed by atoms with Gasteiger partial charge in [-0.15, -0.1) is 0 Å². The highest BCUT2D eigenvalue weighted by Crippen LogP contribution is 2.34. The molecule has 284 valence electrons. The average Bonchev–Trinajstić information content (AvgIpc) is 3.03. The van der Waals surface area contributed by atoms with E-state index in [2.05, 4.69) is 50.0 Å². The fourth-order valence-electron chi connectivity index (χ4n) is 6.69. The molecule has 1 unspecified atom stereocenters. The Labute approximate surface area is 305 Å². The number of likely N-dealkylation sites (N-methyl/N-ethyl adjacent to an activating group) is 1. The number of hydrogen-bond acceptors (Lipinski definition) is 5. The van der Waals surface area contributed by atoms with Gasteiger partial charge in [0.1, 0.15) is 11.9 Å². The Morgan fingerprint density at radius 2 is 1.67 bits per heavy atom. The molecule has 4 rings (SSSR count). The topological polar surface area (TPSA) is 80.6 Å². The minimum Gasteiger partial charge on any atom is -0.466 e. The molecule has 0 bridgehead atoms. The molecule has 0 spiro atoms. The fourth-order valence-corrected chi connectivity index (χ4v) is 6.69. The van der Waals surface area contributed by atoms with Crippen molar-refractivity contribution >= 4 is 18.0 Å². The fraction of sp³-hybridized carbons (Fsp3) is 0.488. The van der Waals surface area contributed by atoms with E-state index in [0.29, 0.717) is 36.8 Å². The Kier molecular flexibility index (Phi) is 14.6. The number of ether oxygens (including phenoxy) is 1. The molecule has 1 amide bonds. The number of carbonyl (C=O) groups excluding carboxylic acids is 2. The lowest BCUT2D eigenvalue weighted by atomic mass is 9.84. The van der Waals surface area contributed by atoms with Crippen LogP contribution < -0.4 is 10.9 Å². The molecule has 1 fully saturated rings. The molecule has 7 nitrogen and oxygen atoms in total. The minimum atomic E-state index is -4.61. The molecule has 3 aromatic rings. The molecule has 0 aliphatic carbocycles. The molecule has 1 aromatic heterocycles. The van der Waals surface area contributed by atoms with Gasteiger partial charge in [-0.2, -0.15) is 13.2 Å². The van der Waals surface area contributed by atoms with Gasteiger partial charge in [-0.25, -0.2) is 4.39 Å². The molecular formula is C41H53F4N3O4.